The lowest BCUT2D eigenvalue weighted by atomic mass is 9.86. The monoisotopic (exact) mass is 350 g/mol. The third kappa shape index (κ3) is 5.46. The molecule has 1 fully saturated rings. The number of nitrogens with one attached hydrogen (secondary N) is 2. The Hall–Kier alpha value is -2.61. The molecule has 8 heteroatoms. The van der Waals surface area contributed by atoms with Gasteiger partial charge in [0.25, 0.3) is 5.91 Å². The van der Waals surface area contributed by atoms with Crippen LogP contribution in [0.4, 0.5) is 0 Å². The fraction of sp³-hybridized carbons (Fsp3) is 0.471. The van der Waals surface area contributed by atoms with Crippen LogP contribution in [-0.4, -0.2) is 55.3 Å². The summed E-state index contributed by atoms with van der Waals surface area (Å²) < 4.78 is 10.3. The average molecular weight is 350 g/mol. The van der Waals surface area contributed by atoms with Crippen molar-refractivity contribution in [3.05, 3.63) is 29.8 Å². The molecule has 0 aliphatic carbocycles. The normalized spacial score (nSPS) is 15.9. The van der Waals surface area contributed by atoms with Crippen molar-refractivity contribution in [1.82, 2.24) is 10.6 Å². The molecule has 1 saturated heterocycles. The van der Waals surface area contributed by atoms with Crippen LogP contribution in [0.25, 0.3) is 0 Å². The number of carboxylic acid groups (broad SMARTS) is 1. The zero-order valence-electron chi connectivity index (χ0n) is 14.0. The zero-order chi connectivity index (χ0) is 18.3. The van der Waals surface area contributed by atoms with Crippen LogP contribution < -0.4 is 15.4 Å². The molecule has 0 spiro atoms. The molecule has 3 N–H and O–H groups in total. The van der Waals surface area contributed by atoms with Crippen molar-refractivity contribution in [2.75, 3.05) is 26.9 Å². The summed E-state index contributed by atoms with van der Waals surface area (Å²) in [4.78, 5) is 35.4. The van der Waals surface area contributed by atoms with Gasteiger partial charge < -0.3 is 25.2 Å². The molecule has 2 rings (SSSR count). The van der Waals surface area contributed by atoms with Gasteiger partial charge in [-0.25, -0.2) is 0 Å². The Morgan fingerprint density at radius 3 is 2.64 bits per heavy atom. The lowest BCUT2D eigenvalue weighted by molar-refractivity contribution is -0.140. The van der Waals surface area contributed by atoms with Gasteiger partial charge in [-0.3, -0.25) is 14.4 Å². The van der Waals surface area contributed by atoms with Crippen molar-refractivity contribution < 1.29 is 29.0 Å². The van der Waals surface area contributed by atoms with Gasteiger partial charge in [0.05, 0.1) is 25.6 Å². The second-order valence-electron chi connectivity index (χ2n) is 5.93. The Kier molecular flexibility index (Phi) is 6.35. The van der Waals surface area contributed by atoms with E-state index in [0.29, 0.717) is 37.4 Å². The van der Waals surface area contributed by atoms with Gasteiger partial charge in [0.2, 0.25) is 5.91 Å². The summed E-state index contributed by atoms with van der Waals surface area (Å²) >= 11 is 0. The molecule has 8 nitrogen and oxygen atoms in total. The van der Waals surface area contributed by atoms with Gasteiger partial charge >= 0.3 is 5.97 Å². The van der Waals surface area contributed by atoms with Crippen molar-refractivity contribution in [2.45, 2.75) is 24.8 Å². The highest BCUT2D eigenvalue weighted by Crippen LogP contribution is 2.24. The van der Waals surface area contributed by atoms with Gasteiger partial charge in [0.1, 0.15) is 5.75 Å². The van der Waals surface area contributed by atoms with Crippen LogP contribution in [0.5, 0.6) is 5.75 Å². The molecule has 0 aromatic heterocycles. The van der Waals surface area contributed by atoms with E-state index in [1.54, 1.807) is 24.3 Å². The summed E-state index contributed by atoms with van der Waals surface area (Å²) in [7, 11) is 1.50. The largest absolute Gasteiger partial charge is 0.497 e. The minimum Gasteiger partial charge on any atom is -0.497 e. The van der Waals surface area contributed by atoms with E-state index in [-0.39, 0.29) is 13.0 Å². The van der Waals surface area contributed by atoms with Crippen molar-refractivity contribution in [1.29, 1.82) is 0 Å². The molecule has 1 aromatic carbocycles. The summed E-state index contributed by atoms with van der Waals surface area (Å²) in [5.74, 6) is -1.28. The minimum atomic E-state index is -0.984. The van der Waals surface area contributed by atoms with E-state index in [1.807, 2.05) is 0 Å². The Labute approximate surface area is 145 Å². The molecule has 0 saturated carbocycles. The summed E-state index contributed by atoms with van der Waals surface area (Å²) in [6.07, 6.45) is 0.676. The molecule has 2 amide bonds. The summed E-state index contributed by atoms with van der Waals surface area (Å²) in [6.45, 7) is 0.547. The highest BCUT2D eigenvalue weighted by molar-refractivity contribution is 5.96. The summed E-state index contributed by atoms with van der Waals surface area (Å²) in [5.41, 5.74) is -0.458. The quantitative estimate of drug-likeness (QED) is 0.662. The first-order valence-corrected chi connectivity index (χ1v) is 7.97. The highest BCUT2D eigenvalue weighted by Gasteiger charge is 2.36. The van der Waals surface area contributed by atoms with Crippen LogP contribution in [0.2, 0.25) is 0 Å². The number of hydrogen-bond donors (Lipinski definition) is 3. The van der Waals surface area contributed by atoms with Crippen LogP contribution in [-0.2, 0) is 14.3 Å². The van der Waals surface area contributed by atoms with Gasteiger partial charge in [-0.1, -0.05) is 6.07 Å². The van der Waals surface area contributed by atoms with Crippen LogP contribution in [0, 0.1) is 0 Å². The van der Waals surface area contributed by atoms with E-state index in [1.165, 1.54) is 7.11 Å². The topological polar surface area (TPSA) is 114 Å². The average Bonchev–Trinajstić information content (AvgIpc) is 2.59. The molecular formula is C17H22N2O6. The molecule has 136 valence electrons. The molecule has 25 heavy (non-hydrogen) atoms. The third-order valence-corrected chi connectivity index (χ3v) is 4.09. The lowest BCUT2D eigenvalue weighted by Crippen LogP contribution is -2.55. The highest BCUT2D eigenvalue weighted by atomic mass is 16.5. The number of methoxy groups -OCH3 is 1. The smallest absolute Gasteiger partial charge is 0.305 e. The fourth-order valence-electron chi connectivity index (χ4n) is 2.76. The molecule has 0 bridgehead atoms. The predicted octanol–water partition coefficient (Wildman–Crippen LogP) is 0.565. The summed E-state index contributed by atoms with van der Waals surface area (Å²) in [6, 6.07) is 6.57. The molecule has 0 unspecified atom stereocenters. The van der Waals surface area contributed by atoms with Crippen molar-refractivity contribution in [2.24, 2.45) is 0 Å². The van der Waals surface area contributed by atoms with Gasteiger partial charge in [-0.05, 0) is 31.0 Å². The Balaban J connectivity index is 1.91. The Bertz CT molecular complexity index is 640. The second-order valence-corrected chi connectivity index (χ2v) is 5.93. The molecule has 0 radical (unpaired) electrons. The number of hydrogen-bond acceptors (Lipinski definition) is 5. The number of carboxylic acids is 1. The van der Waals surface area contributed by atoms with Gasteiger partial charge in [-0.15, -0.1) is 0 Å². The number of rotatable bonds is 7. The standard InChI is InChI=1S/C17H22N2O6/c1-24-13-4-2-3-12(9-13)16(23)18-11-14(20)19-17(10-15(21)22)5-7-25-8-6-17/h2-4,9H,5-8,10-11H2,1H3,(H,18,23)(H,19,20)(H,21,22). The molecule has 1 aliphatic rings. The predicted molar refractivity (Wildman–Crippen MR) is 88.5 cm³/mol. The Morgan fingerprint density at radius 1 is 1.28 bits per heavy atom. The molecule has 0 atom stereocenters. The van der Waals surface area contributed by atoms with Crippen LogP contribution >= 0.6 is 0 Å². The molecular weight excluding hydrogens is 328 g/mol. The van der Waals surface area contributed by atoms with E-state index >= 15 is 0 Å². The first-order valence-electron chi connectivity index (χ1n) is 7.97. The molecule has 1 aliphatic heterocycles. The SMILES string of the molecule is COc1cccc(C(=O)NCC(=O)NC2(CC(=O)O)CCOCC2)c1. The van der Waals surface area contributed by atoms with Crippen molar-refractivity contribution in [3.63, 3.8) is 0 Å². The van der Waals surface area contributed by atoms with Crippen LogP contribution in [0.3, 0.4) is 0 Å². The van der Waals surface area contributed by atoms with E-state index in [0.717, 1.165) is 0 Å². The van der Waals surface area contributed by atoms with Crippen molar-refractivity contribution >= 4 is 17.8 Å². The van der Waals surface area contributed by atoms with Crippen LogP contribution in [0.15, 0.2) is 24.3 Å². The maximum absolute atomic E-state index is 12.2. The van der Waals surface area contributed by atoms with Gasteiger partial charge in [0, 0.05) is 18.8 Å². The maximum Gasteiger partial charge on any atom is 0.305 e. The van der Waals surface area contributed by atoms with E-state index in [2.05, 4.69) is 10.6 Å². The number of benzene rings is 1. The first kappa shape index (κ1) is 18.7. The number of ether oxygens (including phenoxy) is 2. The molecule has 1 aromatic rings. The number of carbonyl (C=O) groups is 3. The number of amides is 2. The first-order chi connectivity index (χ1) is 11.9. The van der Waals surface area contributed by atoms with Gasteiger partial charge in [0.15, 0.2) is 0 Å². The zero-order valence-corrected chi connectivity index (χ0v) is 14.0. The van der Waals surface area contributed by atoms with Gasteiger partial charge in [-0.2, -0.15) is 0 Å². The number of carbonyl (C=O) groups excluding carboxylic acids is 2. The lowest BCUT2D eigenvalue weighted by Gasteiger charge is -2.36. The third-order valence-electron chi connectivity index (χ3n) is 4.09. The van der Waals surface area contributed by atoms with Crippen LogP contribution in [0.1, 0.15) is 29.6 Å². The van der Waals surface area contributed by atoms with E-state index < -0.39 is 23.3 Å². The fourth-order valence-corrected chi connectivity index (χ4v) is 2.76. The van der Waals surface area contributed by atoms with E-state index in [4.69, 9.17) is 14.6 Å². The minimum absolute atomic E-state index is 0.175. The maximum atomic E-state index is 12.2. The van der Waals surface area contributed by atoms with E-state index in [9.17, 15) is 14.4 Å². The number of aliphatic carboxylic acids is 1. The second kappa shape index (κ2) is 8.48. The van der Waals surface area contributed by atoms with Crippen molar-refractivity contribution in [3.8, 4) is 5.75 Å². The Morgan fingerprint density at radius 2 is 2.00 bits per heavy atom. The molecule has 1 heterocycles. The summed E-state index contributed by atoms with van der Waals surface area (Å²) in [5, 5.41) is 14.4.